The Balaban J connectivity index is 1.53. The van der Waals surface area contributed by atoms with E-state index in [1.54, 1.807) is 24.3 Å². The van der Waals surface area contributed by atoms with Gasteiger partial charge in [-0.15, -0.1) is 0 Å². The number of hydrogen-bond donors (Lipinski definition) is 1. The SMILES string of the molecule is CCOc1ccc(N2C(=O)C[C@H]([NH2+]CCCc3ccccc3)C2=O)cc1. The van der Waals surface area contributed by atoms with Crippen LogP contribution in [0.5, 0.6) is 5.75 Å². The zero-order valence-electron chi connectivity index (χ0n) is 15.1. The average Bonchev–Trinajstić information content (AvgIpc) is 2.94. The van der Waals surface area contributed by atoms with Crippen LogP contribution in [0.25, 0.3) is 0 Å². The maximum absolute atomic E-state index is 12.6. The van der Waals surface area contributed by atoms with Crippen LogP contribution in [0.3, 0.4) is 0 Å². The summed E-state index contributed by atoms with van der Waals surface area (Å²) >= 11 is 0. The Hall–Kier alpha value is -2.66. The lowest BCUT2D eigenvalue weighted by molar-refractivity contribution is -0.674. The van der Waals surface area contributed by atoms with Crippen molar-refractivity contribution in [3.63, 3.8) is 0 Å². The molecule has 2 amide bonds. The summed E-state index contributed by atoms with van der Waals surface area (Å²) in [6.45, 7) is 3.33. The number of carbonyl (C=O) groups excluding carboxylic acids is 2. The van der Waals surface area contributed by atoms with Crippen LogP contribution in [-0.2, 0) is 16.0 Å². The molecule has 2 aromatic carbocycles. The smallest absolute Gasteiger partial charge is 0.292 e. The number of hydrogen-bond acceptors (Lipinski definition) is 3. The standard InChI is InChI=1S/C21H24N2O3/c1-2-26-18-12-10-17(11-13-18)23-20(24)15-19(21(23)25)22-14-6-9-16-7-4-3-5-8-16/h3-5,7-8,10-13,19,22H,2,6,9,14-15H2,1H3/p+1/t19-/m0/s1. The number of ether oxygens (including phenoxy) is 1. The predicted octanol–water partition coefficient (Wildman–Crippen LogP) is 1.91. The number of rotatable bonds is 8. The van der Waals surface area contributed by atoms with Gasteiger partial charge in [0.1, 0.15) is 5.75 Å². The molecule has 0 bridgehead atoms. The van der Waals surface area contributed by atoms with Crippen molar-refractivity contribution >= 4 is 17.5 Å². The van der Waals surface area contributed by atoms with E-state index >= 15 is 0 Å². The number of nitrogens with two attached hydrogens (primary N) is 1. The highest BCUT2D eigenvalue weighted by Gasteiger charge is 2.41. The molecule has 1 heterocycles. The first-order chi connectivity index (χ1) is 12.7. The van der Waals surface area contributed by atoms with Crippen LogP contribution in [0.2, 0.25) is 0 Å². The van der Waals surface area contributed by atoms with Gasteiger partial charge in [-0.05, 0) is 43.2 Å². The van der Waals surface area contributed by atoms with Gasteiger partial charge in [0, 0.05) is 6.42 Å². The molecular weight excluding hydrogens is 328 g/mol. The molecule has 0 aliphatic carbocycles. The molecule has 5 heteroatoms. The number of quaternary nitrogens is 1. The van der Waals surface area contributed by atoms with Gasteiger partial charge in [0.05, 0.1) is 25.3 Å². The lowest BCUT2D eigenvalue weighted by Crippen LogP contribution is -2.91. The van der Waals surface area contributed by atoms with Gasteiger partial charge in [0.2, 0.25) is 5.91 Å². The van der Waals surface area contributed by atoms with Gasteiger partial charge in [0.15, 0.2) is 6.04 Å². The molecule has 5 nitrogen and oxygen atoms in total. The van der Waals surface area contributed by atoms with Gasteiger partial charge in [-0.25, -0.2) is 4.90 Å². The minimum absolute atomic E-state index is 0.126. The Labute approximate surface area is 154 Å². The van der Waals surface area contributed by atoms with E-state index in [1.165, 1.54) is 10.5 Å². The third-order valence-electron chi connectivity index (χ3n) is 4.55. The van der Waals surface area contributed by atoms with E-state index in [2.05, 4.69) is 12.1 Å². The minimum atomic E-state index is -0.315. The van der Waals surface area contributed by atoms with Crippen molar-refractivity contribution in [2.24, 2.45) is 0 Å². The maximum Gasteiger partial charge on any atom is 0.292 e. The van der Waals surface area contributed by atoms with Crippen molar-refractivity contribution in [2.75, 3.05) is 18.1 Å². The van der Waals surface area contributed by atoms with Gasteiger partial charge >= 0.3 is 0 Å². The number of aryl methyl sites for hydroxylation is 1. The Morgan fingerprint density at radius 1 is 1.08 bits per heavy atom. The normalized spacial score (nSPS) is 17.0. The molecular formula is C21H25N2O3+. The summed E-state index contributed by atoms with van der Waals surface area (Å²) in [5, 5.41) is 2.00. The fourth-order valence-corrected chi connectivity index (χ4v) is 3.24. The molecule has 2 N–H and O–H groups in total. The number of benzene rings is 2. The third-order valence-corrected chi connectivity index (χ3v) is 4.55. The second-order valence-electron chi connectivity index (χ2n) is 6.42. The highest BCUT2D eigenvalue weighted by atomic mass is 16.5. The molecule has 0 spiro atoms. The first-order valence-corrected chi connectivity index (χ1v) is 9.16. The summed E-state index contributed by atoms with van der Waals surface area (Å²) in [5.74, 6) is 0.474. The summed E-state index contributed by atoms with van der Waals surface area (Å²) < 4.78 is 5.41. The largest absolute Gasteiger partial charge is 0.494 e. The average molecular weight is 353 g/mol. The molecule has 136 valence electrons. The van der Waals surface area contributed by atoms with Gasteiger partial charge < -0.3 is 10.1 Å². The molecule has 2 aromatic rings. The van der Waals surface area contributed by atoms with Crippen molar-refractivity contribution < 1.29 is 19.6 Å². The van der Waals surface area contributed by atoms with Crippen LogP contribution in [0.4, 0.5) is 5.69 Å². The van der Waals surface area contributed by atoms with Crippen molar-refractivity contribution in [2.45, 2.75) is 32.2 Å². The van der Waals surface area contributed by atoms with Gasteiger partial charge in [-0.1, -0.05) is 30.3 Å². The maximum atomic E-state index is 12.6. The number of anilines is 1. The second-order valence-corrected chi connectivity index (χ2v) is 6.42. The quantitative estimate of drug-likeness (QED) is 0.582. The van der Waals surface area contributed by atoms with E-state index in [-0.39, 0.29) is 24.3 Å². The monoisotopic (exact) mass is 353 g/mol. The fraction of sp³-hybridized carbons (Fsp3) is 0.333. The number of nitrogens with zero attached hydrogens (tertiary/aromatic N) is 1. The summed E-state index contributed by atoms with van der Waals surface area (Å²) in [5.41, 5.74) is 1.91. The molecule has 26 heavy (non-hydrogen) atoms. The molecule has 3 rings (SSSR count). The Kier molecular flexibility index (Phi) is 6.02. The Morgan fingerprint density at radius 3 is 2.50 bits per heavy atom. The lowest BCUT2D eigenvalue weighted by atomic mass is 10.1. The predicted molar refractivity (Wildman–Crippen MR) is 100 cm³/mol. The van der Waals surface area contributed by atoms with Gasteiger partial charge in [-0.3, -0.25) is 9.59 Å². The molecule has 0 radical (unpaired) electrons. The second kappa shape index (κ2) is 8.63. The number of carbonyl (C=O) groups is 2. The van der Waals surface area contributed by atoms with Crippen LogP contribution >= 0.6 is 0 Å². The van der Waals surface area contributed by atoms with E-state index in [9.17, 15) is 9.59 Å². The van der Waals surface area contributed by atoms with E-state index in [1.807, 2.05) is 30.4 Å². The number of amides is 2. The summed E-state index contributed by atoms with van der Waals surface area (Å²) in [4.78, 5) is 26.2. The zero-order valence-corrected chi connectivity index (χ0v) is 15.1. The van der Waals surface area contributed by atoms with Crippen molar-refractivity contribution in [1.82, 2.24) is 0 Å². The molecule has 0 aromatic heterocycles. The van der Waals surface area contributed by atoms with Crippen LogP contribution in [0, 0.1) is 0 Å². The summed E-state index contributed by atoms with van der Waals surface area (Å²) in [7, 11) is 0. The van der Waals surface area contributed by atoms with E-state index in [0.29, 0.717) is 12.3 Å². The molecule has 1 saturated heterocycles. The van der Waals surface area contributed by atoms with Crippen LogP contribution in [-0.4, -0.2) is 31.0 Å². The first kappa shape index (κ1) is 18.1. The van der Waals surface area contributed by atoms with Crippen molar-refractivity contribution in [1.29, 1.82) is 0 Å². The summed E-state index contributed by atoms with van der Waals surface area (Å²) in [6, 6.07) is 17.1. The zero-order chi connectivity index (χ0) is 18.4. The molecule has 0 saturated carbocycles. The highest BCUT2D eigenvalue weighted by molar-refractivity contribution is 6.21. The Morgan fingerprint density at radius 2 is 1.81 bits per heavy atom. The van der Waals surface area contributed by atoms with Crippen molar-refractivity contribution in [3.05, 3.63) is 60.2 Å². The number of imide groups is 1. The molecule has 0 unspecified atom stereocenters. The third kappa shape index (κ3) is 4.29. The fourth-order valence-electron chi connectivity index (χ4n) is 3.24. The summed E-state index contributed by atoms with van der Waals surface area (Å²) in [6.07, 6.45) is 2.22. The molecule has 1 fully saturated rings. The molecule has 1 aliphatic heterocycles. The van der Waals surface area contributed by atoms with E-state index in [4.69, 9.17) is 4.74 Å². The lowest BCUT2D eigenvalue weighted by Gasteiger charge is -2.15. The van der Waals surface area contributed by atoms with Gasteiger partial charge in [-0.2, -0.15) is 0 Å². The topological polar surface area (TPSA) is 63.2 Å². The van der Waals surface area contributed by atoms with Crippen LogP contribution in [0.1, 0.15) is 25.3 Å². The van der Waals surface area contributed by atoms with Crippen LogP contribution in [0.15, 0.2) is 54.6 Å². The molecule has 1 aliphatic rings. The first-order valence-electron chi connectivity index (χ1n) is 9.16. The highest BCUT2D eigenvalue weighted by Crippen LogP contribution is 2.24. The molecule has 1 atom stereocenters. The minimum Gasteiger partial charge on any atom is -0.494 e. The van der Waals surface area contributed by atoms with Crippen molar-refractivity contribution in [3.8, 4) is 5.75 Å². The van der Waals surface area contributed by atoms with E-state index < -0.39 is 0 Å². The van der Waals surface area contributed by atoms with Crippen LogP contribution < -0.4 is 15.0 Å². The van der Waals surface area contributed by atoms with E-state index in [0.717, 1.165) is 25.1 Å². The van der Waals surface area contributed by atoms with Gasteiger partial charge in [0.25, 0.3) is 5.91 Å². The Bertz CT molecular complexity index is 744.